The molecule has 1 heterocycles. The van der Waals surface area contributed by atoms with Crippen LogP contribution < -0.4 is 5.32 Å². The van der Waals surface area contributed by atoms with Crippen LogP contribution in [0.4, 0.5) is 11.5 Å². The van der Waals surface area contributed by atoms with E-state index in [1.165, 1.54) is 31.5 Å². The standard InChI is InChI=1S/C11H14ClN3O2/c1-7(8-3-2-4-8)14-11-10(12)5-9(6-13-11)15(16)17/h5-8H,2-4H2,1H3,(H,13,14). The van der Waals surface area contributed by atoms with Crippen LogP contribution in [0, 0.1) is 16.0 Å². The molecule has 1 aromatic heterocycles. The second-order valence-corrected chi connectivity index (χ2v) is 4.81. The molecule has 2 rings (SSSR count). The molecule has 1 unspecified atom stereocenters. The highest BCUT2D eigenvalue weighted by molar-refractivity contribution is 6.33. The predicted molar refractivity (Wildman–Crippen MR) is 66.3 cm³/mol. The van der Waals surface area contributed by atoms with E-state index in [1.54, 1.807) is 0 Å². The average Bonchev–Trinajstić information content (AvgIpc) is 2.18. The van der Waals surface area contributed by atoms with Gasteiger partial charge in [0.25, 0.3) is 5.69 Å². The Kier molecular flexibility index (Phi) is 3.47. The van der Waals surface area contributed by atoms with Crippen LogP contribution in [0.25, 0.3) is 0 Å². The summed E-state index contributed by atoms with van der Waals surface area (Å²) >= 11 is 5.95. The van der Waals surface area contributed by atoms with E-state index in [0.29, 0.717) is 22.8 Å². The summed E-state index contributed by atoms with van der Waals surface area (Å²) in [6.45, 7) is 2.09. The highest BCUT2D eigenvalue weighted by atomic mass is 35.5. The van der Waals surface area contributed by atoms with Gasteiger partial charge in [0.05, 0.1) is 9.95 Å². The highest BCUT2D eigenvalue weighted by Gasteiger charge is 2.24. The normalized spacial score (nSPS) is 17.3. The van der Waals surface area contributed by atoms with Crippen molar-refractivity contribution in [1.29, 1.82) is 0 Å². The number of nitrogens with zero attached hydrogens (tertiary/aromatic N) is 2. The average molecular weight is 256 g/mol. The molecule has 1 N–H and O–H groups in total. The van der Waals surface area contributed by atoms with E-state index in [9.17, 15) is 10.1 Å². The molecule has 0 radical (unpaired) electrons. The van der Waals surface area contributed by atoms with Crippen molar-refractivity contribution in [2.75, 3.05) is 5.32 Å². The zero-order valence-corrected chi connectivity index (χ0v) is 10.3. The molecule has 1 atom stereocenters. The summed E-state index contributed by atoms with van der Waals surface area (Å²) in [6.07, 6.45) is 4.94. The van der Waals surface area contributed by atoms with E-state index in [1.807, 2.05) is 0 Å². The van der Waals surface area contributed by atoms with Crippen molar-refractivity contribution in [2.45, 2.75) is 32.2 Å². The van der Waals surface area contributed by atoms with Gasteiger partial charge in [0, 0.05) is 12.1 Å². The zero-order chi connectivity index (χ0) is 12.4. The molecule has 0 saturated heterocycles. The fourth-order valence-corrected chi connectivity index (χ4v) is 2.12. The van der Waals surface area contributed by atoms with Crippen molar-refractivity contribution in [3.8, 4) is 0 Å². The minimum absolute atomic E-state index is 0.0863. The van der Waals surface area contributed by atoms with Crippen LogP contribution in [0.1, 0.15) is 26.2 Å². The Labute approximate surface area is 104 Å². The second-order valence-electron chi connectivity index (χ2n) is 4.41. The molecule has 1 aliphatic carbocycles. The third-order valence-corrected chi connectivity index (χ3v) is 3.55. The molecule has 1 aromatic rings. The molecule has 0 spiro atoms. The van der Waals surface area contributed by atoms with E-state index in [-0.39, 0.29) is 5.69 Å². The summed E-state index contributed by atoms with van der Waals surface area (Å²) in [7, 11) is 0. The Bertz CT molecular complexity index is 435. The van der Waals surface area contributed by atoms with Crippen molar-refractivity contribution in [3.63, 3.8) is 0 Å². The zero-order valence-electron chi connectivity index (χ0n) is 9.52. The summed E-state index contributed by atoms with van der Waals surface area (Å²) < 4.78 is 0. The Balaban J connectivity index is 2.07. The minimum atomic E-state index is -0.502. The molecule has 1 fully saturated rings. The molecular formula is C11H14ClN3O2. The quantitative estimate of drug-likeness (QED) is 0.662. The Morgan fingerprint density at radius 3 is 2.82 bits per heavy atom. The minimum Gasteiger partial charge on any atom is -0.366 e. The molecule has 0 aromatic carbocycles. The van der Waals surface area contributed by atoms with Gasteiger partial charge in [0.2, 0.25) is 0 Å². The number of halogens is 1. The maximum absolute atomic E-state index is 10.5. The lowest BCUT2D eigenvalue weighted by molar-refractivity contribution is -0.385. The van der Waals surface area contributed by atoms with E-state index in [2.05, 4.69) is 17.2 Å². The van der Waals surface area contributed by atoms with Gasteiger partial charge in [0.15, 0.2) is 0 Å². The third kappa shape index (κ3) is 2.66. The second kappa shape index (κ2) is 4.87. The molecule has 17 heavy (non-hydrogen) atoms. The smallest absolute Gasteiger partial charge is 0.289 e. The Hall–Kier alpha value is -1.36. The van der Waals surface area contributed by atoms with Crippen molar-refractivity contribution in [3.05, 3.63) is 27.4 Å². The molecule has 0 amide bonds. The lowest BCUT2D eigenvalue weighted by Gasteiger charge is -2.32. The van der Waals surface area contributed by atoms with Crippen molar-refractivity contribution < 1.29 is 4.92 Å². The van der Waals surface area contributed by atoms with Crippen molar-refractivity contribution in [2.24, 2.45) is 5.92 Å². The number of aromatic nitrogens is 1. The first kappa shape index (κ1) is 12.1. The van der Waals surface area contributed by atoms with E-state index >= 15 is 0 Å². The molecule has 1 saturated carbocycles. The fraction of sp³-hybridized carbons (Fsp3) is 0.545. The van der Waals surface area contributed by atoms with Crippen LogP contribution in [-0.4, -0.2) is 15.9 Å². The maximum atomic E-state index is 10.5. The topological polar surface area (TPSA) is 68.1 Å². The van der Waals surface area contributed by atoms with Crippen LogP contribution in [0.2, 0.25) is 5.02 Å². The summed E-state index contributed by atoms with van der Waals surface area (Å²) in [5.41, 5.74) is -0.0863. The lowest BCUT2D eigenvalue weighted by Crippen LogP contribution is -2.31. The summed E-state index contributed by atoms with van der Waals surface area (Å²) in [5.74, 6) is 1.18. The summed E-state index contributed by atoms with van der Waals surface area (Å²) in [6, 6.07) is 1.62. The van der Waals surface area contributed by atoms with E-state index < -0.39 is 4.92 Å². The van der Waals surface area contributed by atoms with Gasteiger partial charge in [-0.2, -0.15) is 0 Å². The van der Waals surface area contributed by atoms with E-state index in [4.69, 9.17) is 11.6 Å². The van der Waals surface area contributed by atoms with Crippen molar-refractivity contribution >= 4 is 23.1 Å². The molecule has 1 aliphatic rings. The molecular weight excluding hydrogens is 242 g/mol. The van der Waals surface area contributed by atoms with Crippen LogP contribution in [0.15, 0.2) is 12.3 Å². The fourth-order valence-electron chi connectivity index (χ4n) is 1.91. The number of rotatable bonds is 4. The molecule has 0 bridgehead atoms. The maximum Gasteiger partial charge on any atom is 0.289 e. The van der Waals surface area contributed by atoms with Gasteiger partial charge in [-0.3, -0.25) is 10.1 Å². The number of hydrogen-bond acceptors (Lipinski definition) is 4. The molecule has 92 valence electrons. The summed E-state index contributed by atoms with van der Waals surface area (Å²) in [5, 5.41) is 14.0. The number of nitrogens with one attached hydrogen (secondary N) is 1. The number of hydrogen-bond donors (Lipinski definition) is 1. The number of nitro groups is 1. The number of anilines is 1. The van der Waals surface area contributed by atoms with Gasteiger partial charge in [-0.25, -0.2) is 4.98 Å². The van der Waals surface area contributed by atoms with Gasteiger partial charge in [-0.1, -0.05) is 18.0 Å². The SMILES string of the molecule is CC(Nc1ncc([N+](=O)[O-])cc1Cl)C1CCC1. The first-order valence-electron chi connectivity index (χ1n) is 5.64. The Morgan fingerprint density at radius 2 is 2.35 bits per heavy atom. The van der Waals surface area contributed by atoms with Gasteiger partial charge in [0.1, 0.15) is 12.0 Å². The lowest BCUT2D eigenvalue weighted by atomic mass is 9.80. The molecule has 6 heteroatoms. The number of pyridine rings is 1. The van der Waals surface area contributed by atoms with Crippen LogP contribution in [0.5, 0.6) is 0 Å². The van der Waals surface area contributed by atoms with Gasteiger partial charge in [-0.15, -0.1) is 0 Å². The predicted octanol–water partition coefficient (Wildman–Crippen LogP) is 3.24. The third-order valence-electron chi connectivity index (χ3n) is 3.26. The van der Waals surface area contributed by atoms with Gasteiger partial charge >= 0.3 is 0 Å². The molecule has 5 nitrogen and oxygen atoms in total. The van der Waals surface area contributed by atoms with Crippen molar-refractivity contribution in [1.82, 2.24) is 4.98 Å². The van der Waals surface area contributed by atoms with Gasteiger partial charge in [-0.05, 0) is 25.7 Å². The van der Waals surface area contributed by atoms with E-state index in [0.717, 1.165) is 0 Å². The van der Waals surface area contributed by atoms with Crippen LogP contribution >= 0.6 is 11.6 Å². The Morgan fingerprint density at radius 1 is 1.65 bits per heavy atom. The monoisotopic (exact) mass is 255 g/mol. The first-order chi connectivity index (χ1) is 8.08. The largest absolute Gasteiger partial charge is 0.366 e. The van der Waals surface area contributed by atoms with Crippen LogP contribution in [0.3, 0.4) is 0 Å². The summed E-state index contributed by atoms with van der Waals surface area (Å²) in [4.78, 5) is 14.0. The van der Waals surface area contributed by atoms with Gasteiger partial charge < -0.3 is 5.32 Å². The highest BCUT2D eigenvalue weighted by Crippen LogP contribution is 2.32. The van der Waals surface area contributed by atoms with Crippen LogP contribution in [-0.2, 0) is 0 Å². The molecule has 0 aliphatic heterocycles. The first-order valence-corrected chi connectivity index (χ1v) is 6.02.